The summed E-state index contributed by atoms with van der Waals surface area (Å²) in [4.78, 5) is 7.56. The first-order valence-electron chi connectivity index (χ1n) is 8.07. The van der Waals surface area contributed by atoms with E-state index in [1.54, 1.807) is 0 Å². The molecule has 0 aromatic carbocycles. The molecule has 0 saturated heterocycles. The molecule has 1 aromatic heterocycles. The Morgan fingerprint density at radius 1 is 1.30 bits per heavy atom. The third-order valence-electron chi connectivity index (χ3n) is 6.03. The zero-order chi connectivity index (χ0) is 13.6. The van der Waals surface area contributed by atoms with Gasteiger partial charge in [-0.15, -0.1) is 0 Å². The van der Waals surface area contributed by atoms with Crippen LogP contribution in [-0.2, 0) is 0 Å². The maximum Gasteiger partial charge on any atom is 0.165 e. The molecule has 1 unspecified atom stereocenters. The van der Waals surface area contributed by atoms with Crippen LogP contribution in [0.4, 0.5) is 0 Å². The van der Waals surface area contributed by atoms with Gasteiger partial charge in [0.05, 0.1) is 0 Å². The Hall–Kier alpha value is -0.480. The van der Waals surface area contributed by atoms with E-state index in [-0.39, 0.29) is 0 Å². The fraction of sp³-hybridized carbons (Fsp3) is 0.812. The molecule has 0 spiro atoms. The Labute approximate surface area is 125 Å². The molecule has 2 N–H and O–H groups in total. The number of hydrogen-bond donors (Lipinski definition) is 2. The number of imidazole rings is 1. The molecule has 1 heterocycles. The quantitative estimate of drug-likeness (QED) is 0.818. The monoisotopic (exact) mass is 291 g/mol. The van der Waals surface area contributed by atoms with Crippen molar-refractivity contribution in [1.29, 1.82) is 0 Å². The fourth-order valence-corrected chi connectivity index (χ4v) is 6.79. The first-order chi connectivity index (χ1) is 9.77. The molecule has 1 aromatic rings. The van der Waals surface area contributed by atoms with Crippen molar-refractivity contribution in [3.05, 3.63) is 12.4 Å². The zero-order valence-electron chi connectivity index (χ0n) is 12.3. The van der Waals surface area contributed by atoms with Gasteiger partial charge in [-0.25, -0.2) is 4.98 Å². The molecular weight excluding hydrogens is 266 g/mol. The number of nitrogens with one attached hydrogen (secondary N) is 2. The minimum absolute atomic E-state index is 0.586. The number of nitrogens with zero attached hydrogens (tertiary/aromatic N) is 1. The molecule has 4 aliphatic carbocycles. The molecule has 0 amide bonds. The van der Waals surface area contributed by atoms with Gasteiger partial charge in [0.15, 0.2) is 5.16 Å². The summed E-state index contributed by atoms with van der Waals surface area (Å²) < 4.78 is 0. The molecule has 20 heavy (non-hydrogen) atoms. The lowest BCUT2D eigenvalue weighted by molar-refractivity contribution is -0.0682. The van der Waals surface area contributed by atoms with Crippen molar-refractivity contribution in [1.82, 2.24) is 15.3 Å². The highest BCUT2D eigenvalue weighted by molar-refractivity contribution is 7.99. The molecular formula is C16H25N3S. The summed E-state index contributed by atoms with van der Waals surface area (Å²) in [5.41, 5.74) is 0.586. The summed E-state index contributed by atoms with van der Waals surface area (Å²) in [5.74, 6) is 4.25. The second kappa shape index (κ2) is 5.06. The van der Waals surface area contributed by atoms with E-state index < -0.39 is 0 Å². The molecule has 4 fully saturated rings. The Bertz CT molecular complexity index is 421. The molecule has 0 radical (unpaired) electrons. The summed E-state index contributed by atoms with van der Waals surface area (Å²) >= 11 is 1.88. The predicted octanol–water partition coefficient (Wildman–Crippen LogP) is 3.31. The molecule has 110 valence electrons. The molecule has 1 atom stereocenters. The van der Waals surface area contributed by atoms with Crippen LogP contribution in [-0.4, -0.2) is 28.8 Å². The maximum absolute atomic E-state index is 4.35. The second-order valence-electron chi connectivity index (χ2n) is 7.33. The van der Waals surface area contributed by atoms with E-state index in [4.69, 9.17) is 0 Å². The van der Waals surface area contributed by atoms with Gasteiger partial charge in [-0.2, -0.15) is 0 Å². The average molecular weight is 291 g/mol. The Morgan fingerprint density at radius 2 is 1.95 bits per heavy atom. The normalized spacial score (nSPS) is 40.1. The molecule has 5 rings (SSSR count). The van der Waals surface area contributed by atoms with Crippen LogP contribution in [0.1, 0.15) is 38.5 Å². The van der Waals surface area contributed by atoms with Crippen LogP contribution in [0.5, 0.6) is 0 Å². The summed E-state index contributed by atoms with van der Waals surface area (Å²) in [6.07, 6.45) is 12.8. The van der Waals surface area contributed by atoms with E-state index in [0.717, 1.165) is 28.7 Å². The molecule has 3 nitrogen and oxygen atoms in total. The smallest absolute Gasteiger partial charge is 0.165 e. The van der Waals surface area contributed by atoms with Crippen LogP contribution in [0.25, 0.3) is 0 Å². The van der Waals surface area contributed by atoms with Gasteiger partial charge in [-0.05, 0) is 68.7 Å². The molecule has 4 heteroatoms. The van der Waals surface area contributed by atoms with Crippen LogP contribution < -0.4 is 5.32 Å². The Balaban J connectivity index is 1.49. The standard InChI is InChI=1S/C16H25N3S/c1-17-14(10-20-15-18-2-3-19-15)16-7-11-4-12(8-16)6-13(5-11)9-16/h2-3,11-14,17H,4-10H2,1H3,(H,18,19). The van der Waals surface area contributed by atoms with Crippen molar-refractivity contribution in [2.45, 2.75) is 49.7 Å². The SMILES string of the molecule is CNC(CSc1ncc[nH]1)C12CC3CC(CC(C3)C1)C2. The van der Waals surface area contributed by atoms with E-state index in [2.05, 4.69) is 22.3 Å². The van der Waals surface area contributed by atoms with Crippen molar-refractivity contribution in [3.63, 3.8) is 0 Å². The van der Waals surface area contributed by atoms with Gasteiger partial charge in [0.25, 0.3) is 0 Å². The van der Waals surface area contributed by atoms with Crippen LogP contribution in [0, 0.1) is 23.2 Å². The van der Waals surface area contributed by atoms with Gasteiger partial charge in [0, 0.05) is 24.2 Å². The van der Waals surface area contributed by atoms with E-state index in [9.17, 15) is 0 Å². The molecule has 4 aliphatic rings. The lowest BCUT2D eigenvalue weighted by atomic mass is 9.48. The van der Waals surface area contributed by atoms with Crippen LogP contribution in [0.15, 0.2) is 17.6 Å². The van der Waals surface area contributed by atoms with E-state index in [1.165, 1.54) is 38.5 Å². The zero-order valence-corrected chi connectivity index (χ0v) is 13.1. The number of hydrogen-bond acceptors (Lipinski definition) is 3. The molecule has 0 aliphatic heterocycles. The Morgan fingerprint density at radius 3 is 2.45 bits per heavy atom. The summed E-state index contributed by atoms with van der Waals surface area (Å²) in [5, 5.41) is 4.72. The van der Waals surface area contributed by atoms with Gasteiger partial charge >= 0.3 is 0 Å². The summed E-state index contributed by atoms with van der Waals surface area (Å²) in [7, 11) is 2.16. The van der Waals surface area contributed by atoms with Crippen molar-refractivity contribution in [2.75, 3.05) is 12.8 Å². The number of aromatic amines is 1. The van der Waals surface area contributed by atoms with Gasteiger partial charge in [-0.3, -0.25) is 0 Å². The van der Waals surface area contributed by atoms with Crippen molar-refractivity contribution in [2.24, 2.45) is 23.2 Å². The number of H-pyrrole nitrogens is 1. The lowest BCUT2D eigenvalue weighted by Crippen LogP contribution is -2.56. The van der Waals surface area contributed by atoms with Crippen LogP contribution in [0.2, 0.25) is 0 Å². The topological polar surface area (TPSA) is 40.7 Å². The third-order valence-corrected chi connectivity index (χ3v) is 7.03. The van der Waals surface area contributed by atoms with Crippen LogP contribution >= 0.6 is 11.8 Å². The minimum Gasteiger partial charge on any atom is -0.340 e. The average Bonchev–Trinajstić information content (AvgIpc) is 2.90. The van der Waals surface area contributed by atoms with E-state index in [0.29, 0.717) is 11.5 Å². The molecule has 4 saturated carbocycles. The minimum atomic E-state index is 0.586. The highest BCUT2D eigenvalue weighted by Gasteiger charge is 2.53. The lowest BCUT2D eigenvalue weighted by Gasteiger charge is -2.59. The number of thioether (sulfide) groups is 1. The van der Waals surface area contributed by atoms with E-state index in [1.807, 2.05) is 24.2 Å². The maximum atomic E-state index is 4.35. The number of rotatable bonds is 5. The van der Waals surface area contributed by atoms with Gasteiger partial charge in [0.2, 0.25) is 0 Å². The van der Waals surface area contributed by atoms with E-state index >= 15 is 0 Å². The largest absolute Gasteiger partial charge is 0.340 e. The van der Waals surface area contributed by atoms with Gasteiger partial charge in [0.1, 0.15) is 0 Å². The fourth-order valence-electron chi connectivity index (χ4n) is 5.66. The second-order valence-corrected chi connectivity index (χ2v) is 8.34. The third kappa shape index (κ3) is 2.21. The first-order valence-corrected chi connectivity index (χ1v) is 9.05. The van der Waals surface area contributed by atoms with Gasteiger partial charge < -0.3 is 10.3 Å². The predicted molar refractivity (Wildman–Crippen MR) is 82.8 cm³/mol. The highest BCUT2D eigenvalue weighted by atomic mass is 32.2. The van der Waals surface area contributed by atoms with Crippen molar-refractivity contribution < 1.29 is 0 Å². The first kappa shape index (κ1) is 13.2. The Kier molecular flexibility index (Phi) is 3.34. The summed E-state index contributed by atoms with van der Waals surface area (Å²) in [6.45, 7) is 0. The highest BCUT2D eigenvalue weighted by Crippen LogP contribution is 2.61. The van der Waals surface area contributed by atoms with Crippen LogP contribution in [0.3, 0.4) is 0 Å². The number of aromatic nitrogens is 2. The van der Waals surface area contributed by atoms with Crippen molar-refractivity contribution in [3.8, 4) is 0 Å². The molecule has 4 bridgehead atoms. The summed E-state index contributed by atoms with van der Waals surface area (Å²) in [6, 6.07) is 0.644. The van der Waals surface area contributed by atoms with Gasteiger partial charge in [-0.1, -0.05) is 11.8 Å². The van der Waals surface area contributed by atoms with Crippen molar-refractivity contribution >= 4 is 11.8 Å².